The van der Waals surface area contributed by atoms with Gasteiger partial charge in [-0.2, -0.15) is 0 Å². The molecule has 1 aromatic heterocycles. The number of aromatic nitrogens is 2. The molecule has 5 aromatic rings. The van der Waals surface area contributed by atoms with Gasteiger partial charge in [-0.25, -0.2) is 4.98 Å². The molecule has 0 bridgehead atoms. The Labute approximate surface area is 200 Å². The van der Waals surface area contributed by atoms with Gasteiger partial charge in [-0.15, -0.1) is 0 Å². The van der Waals surface area contributed by atoms with Crippen LogP contribution in [0.1, 0.15) is 40.4 Å². The van der Waals surface area contributed by atoms with Gasteiger partial charge >= 0.3 is 7.12 Å². The van der Waals surface area contributed by atoms with Crippen molar-refractivity contribution in [2.45, 2.75) is 52.2 Å². The molecule has 4 aromatic carbocycles. The second-order valence-electron chi connectivity index (χ2n) is 10.2. The third-order valence-corrected chi connectivity index (χ3v) is 7.58. The third-order valence-electron chi connectivity index (χ3n) is 7.58. The van der Waals surface area contributed by atoms with E-state index < -0.39 is 18.3 Å². The molecule has 0 unspecified atom stereocenters. The average Bonchev–Trinajstić information content (AvgIpc) is 3.31. The Morgan fingerprint density at radius 2 is 1.44 bits per heavy atom. The number of aryl methyl sites for hydroxylation is 1. The molecule has 0 aliphatic carbocycles. The summed E-state index contributed by atoms with van der Waals surface area (Å²) >= 11 is 0. The van der Waals surface area contributed by atoms with Gasteiger partial charge < -0.3 is 9.31 Å². The first kappa shape index (κ1) is 21.4. The van der Waals surface area contributed by atoms with E-state index in [1.165, 1.54) is 10.8 Å². The third kappa shape index (κ3) is 3.11. The van der Waals surface area contributed by atoms with Crippen LogP contribution in [0.4, 0.5) is 0 Å². The predicted molar refractivity (Wildman–Crippen MR) is 141 cm³/mol. The van der Waals surface area contributed by atoms with Crippen molar-refractivity contribution in [3.8, 4) is 5.69 Å². The first-order valence-corrected chi connectivity index (χ1v) is 12.1. The first-order valence-electron chi connectivity index (χ1n) is 12.1. The Balaban J connectivity index is 1.61. The molecule has 6 rings (SSSR count). The minimum atomic E-state index is -0.435. The Morgan fingerprint density at radius 1 is 0.794 bits per heavy atom. The molecule has 5 heteroatoms. The minimum absolute atomic E-state index is 0.399. The molecule has 2 heterocycles. The van der Waals surface area contributed by atoms with Gasteiger partial charge in [-0.3, -0.25) is 4.57 Å². The first-order chi connectivity index (χ1) is 16.3. The van der Waals surface area contributed by atoms with Crippen molar-refractivity contribution in [3.63, 3.8) is 0 Å². The molecule has 1 fully saturated rings. The van der Waals surface area contributed by atoms with Crippen LogP contribution in [0.2, 0.25) is 0 Å². The van der Waals surface area contributed by atoms with E-state index in [2.05, 4.69) is 112 Å². The van der Waals surface area contributed by atoms with Crippen LogP contribution < -0.4 is 5.46 Å². The highest BCUT2D eigenvalue weighted by Gasteiger charge is 2.52. The van der Waals surface area contributed by atoms with Crippen LogP contribution in [-0.4, -0.2) is 27.9 Å². The van der Waals surface area contributed by atoms with E-state index in [1.807, 2.05) is 0 Å². The molecule has 0 radical (unpaired) electrons. The van der Waals surface area contributed by atoms with Gasteiger partial charge in [0.2, 0.25) is 0 Å². The van der Waals surface area contributed by atoms with E-state index >= 15 is 0 Å². The van der Waals surface area contributed by atoms with E-state index in [1.54, 1.807) is 0 Å². The zero-order valence-corrected chi connectivity index (χ0v) is 20.4. The quantitative estimate of drug-likeness (QED) is 0.309. The number of hydrogen-bond acceptors (Lipinski definition) is 3. The van der Waals surface area contributed by atoms with Crippen molar-refractivity contribution in [2.75, 3.05) is 0 Å². The van der Waals surface area contributed by atoms with E-state index in [9.17, 15) is 0 Å². The number of nitrogens with zero attached hydrogens (tertiary/aromatic N) is 2. The molecule has 0 saturated carbocycles. The molecule has 170 valence electrons. The van der Waals surface area contributed by atoms with Crippen LogP contribution in [-0.2, 0) is 15.7 Å². The Hall–Kier alpha value is -3.15. The van der Waals surface area contributed by atoms with E-state index in [0.717, 1.165) is 45.2 Å². The number of benzene rings is 4. The Kier molecular flexibility index (Phi) is 4.67. The number of rotatable bonds is 3. The van der Waals surface area contributed by atoms with Gasteiger partial charge in [0.15, 0.2) is 0 Å². The molecular formula is C29H29BN2O2. The summed E-state index contributed by atoms with van der Waals surface area (Å²) in [7, 11) is -0.435. The molecule has 1 aliphatic heterocycles. The lowest BCUT2D eigenvalue weighted by atomic mass is 9.75. The largest absolute Gasteiger partial charge is 0.495 e. The van der Waals surface area contributed by atoms with E-state index in [4.69, 9.17) is 14.3 Å². The molecule has 1 aliphatic rings. The highest BCUT2D eigenvalue weighted by Crippen LogP contribution is 2.37. The number of hydrogen-bond donors (Lipinski definition) is 0. The predicted octanol–water partition coefficient (Wildman–Crippen LogP) is 6.19. The van der Waals surface area contributed by atoms with Crippen molar-refractivity contribution < 1.29 is 9.31 Å². The van der Waals surface area contributed by atoms with Crippen LogP contribution in [0.3, 0.4) is 0 Å². The molecule has 0 spiro atoms. The second-order valence-corrected chi connectivity index (χ2v) is 10.2. The summed E-state index contributed by atoms with van der Waals surface area (Å²) in [4.78, 5) is 5.09. The van der Waals surface area contributed by atoms with E-state index in [-0.39, 0.29) is 0 Å². The van der Waals surface area contributed by atoms with Crippen molar-refractivity contribution in [1.82, 2.24) is 9.55 Å². The monoisotopic (exact) mass is 448 g/mol. The van der Waals surface area contributed by atoms with Gasteiger partial charge in [0, 0.05) is 17.5 Å². The maximum atomic E-state index is 6.49. The highest BCUT2D eigenvalue weighted by molar-refractivity contribution is 6.65. The molecule has 1 saturated heterocycles. The number of fused-ring (bicyclic) bond motifs is 4. The van der Waals surface area contributed by atoms with Crippen LogP contribution in [0.15, 0.2) is 72.8 Å². The van der Waals surface area contributed by atoms with Crippen molar-refractivity contribution in [2.24, 2.45) is 0 Å². The summed E-state index contributed by atoms with van der Waals surface area (Å²) in [5.41, 5.74) is 3.49. The van der Waals surface area contributed by atoms with Gasteiger partial charge in [0.25, 0.3) is 0 Å². The maximum Gasteiger partial charge on any atom is 0.495 e. The van der Waals surface area contributed by atoms with Crippen molar-refractivity contribution in [3.05, 3.63) is 78.6 Å². The summed E-state index contributed by atoms with van der Waals surface area (Å²) in [6, 6.07) is 25.8. The number of imidazole rings is 1. The smallest absolute Gasteiger partial charge is 0.399 e. The zero-order valence-electron chi connectivity index (χ0n) is 20.4. The molecule has 0 amide bonds. The molecule has 4 nitrogen and oxygen atoms in total. The zero-order chi connectivity index (χ0) is 23.7. The van der Waals surface area contributed by atoms with Crippen LogP contribution in [0.25, 0.3) is 38.3 Å². The normalized spacial score (nSPS) is 17.3. The fraction of sp³-hybridized carbons (Fsp3) is 0.276. The highest BCUT2D eigenvalue weighted by atomic mass is 16.7. The fourth-order valence-electron chi connectivity index (χ4n) is 5.00. The minimum Gasteiger partial charge on any atom is -0.399 e. The van der Waals surface area contributed by atoms with Gasteiger partial charge in [-0.1, -0.05) is 61.5 Å². The van der Waals surface area contributed by atoms with E-state index in [0.29, 0.717) is 0 Å². The standard InChI is InChI=1S/C29H29BN2O2/c1-6-26-31-27-23-14-10-7-11-19(23)15-16-25(27)32(26)21-17-20-12-8-9-13-22(20)24(18-21)30-33-28(2,3)29(4,5)34-30/h7-18H,6H2,1-5H3. The van der Waals surface area contributed by atoms with Gasteiger partial charge in [0.1, 0.15) is 5.82 Å². The molecule has 0 N–H and O–H groups in total. The van der Waals surface area contributed by atoms with Crippen LogP contribution in [0, 0.1) is 0 Å². The SMILES string of the molecule is CCc1nc2c3ccccc3ccc2n1-c1cc(B2OC(C)(C)C(C)(C)O2)c2ccccc2c1. The van der Waals surface area contributed by atoms with Crippen molar-refractivity contribution >= 4 is 45.2 Å². The fourth-order valence-corrected chi connectivity index (χ4v) is 5.00. The van der Waals surface area contributed by atoms with Gasteiger partial charge in [0.05, 0.1) is 22.2 Å². The Bertz CT molecular complexity index is 1550. The van der Waals surface area contributed by atoms with Gasteiger partial charge in [-0.05, 0) is 67.5 Å². The lowest BCUT2D eigenvalue weighted by Crippen LogP contribution is -2.41. The Morgan fingerprint density at radius 3 is 2.15 bits per heavy atom. The maximum absolute atomic E-state index is 6.49. The molecule has 34 heavy (non-hydrogen) atoms. The second kappa shape index (κ2) is 7.43. The summed E-state index contributed by atoms with van der Waals surface area (Å²) in [5.74, 6) is 1.04. The molecule has 0 atom stereocenters. The summed E-state index contributed by atoms with van der Waals surface area (Å²) in [5, 5.41) is 4.70. The summed E-state index contributed by atoms with van der Waals surface area (Å²) < 4.78 is 15.3. The van der Waals surface area contributed by atoms with Crippen LogP contribution in [0.5, 0.6) is 0 Å². The lowest BCUT2D eigenvalue weighted by Gasteiger charge is -2.32. The average molecular weight is 448 g/mol. The summed E-state index contributed by atoms with van der Waals surface area (Å²) in [6.07, 6.45) is 0.835. The van der Waals surface area contributed by atoms with Crippen LogP contribution >= 0.6 is 0 Å². The summed E-state index contributed by atoms with van der Waals surface area (Å²) in [6.45, 7) is 10.6. The molecular weight excluding hydrogens is 419 g/mol. The van der Waals surface area contributed by atoms with Crippen molar-refractivity contribution in [1.29, 1.82) is 0 Å². The lowest BCUT2D eigenvalue weighted by molar-refractivity contribution is 0.00578. The topological polar surface area (TPSA) is 36.3 Å².